The number of hydrogen-bond acceptors (Lipinski definition) is 6. The Bertz CT molecular complexity index is 1450. The van der Waals surface area contributed by atoms with E-state index in [1.54, 1.807) is 18.2 Å². The quantitative estimate of drug-likeness (QED) is 0.293. The molecule has 0 amide bonds. The van der Waals surface area contributed by atoms with Crippen molar-refractivity contribution in [2.24, 2.45) is 0 Å². The lowest BCUT2D eigenvalue weighted by atomic mass is 9.95. The Morgan fingerprint density at radius 1 is 1.19 bits per heavy atom. The number of thioether (sulfide) groups is 1. The summed E-state index contributed by atoms with van der Waals surface area (Å²) >= 11 is 9.14. The molecule has 6 nitrogen and oxygen atoms in total. The summed E-state index contributed by atoms with van der Waals surface area (Å²) in [6.45, 7) is 3.95. The first kappa shape index (κ1) is 21.7. The van der Waals surface area contributed by atoms with Crippen LogP contribution in [0.3, 0.4) is 0 Å². The third-order valence-corrected chi connectivity index (χ3v) is 8.50. The Labute approximate surface area is 198 Å². The molecule has 0 bridgehead atoms. The number of halogens is 1. The maximum absolute atomic E-state index is 13.4. The van der Waals surface area contributed by atoms with Crippen molar-refractivity contribution in [1.29, 1.82) is 0 Å². The summed E-state index contributed by atoms with van der Waals surface area (Å²) in [5.74, 6) is 1.01. The van der Waals surface area contributed by atoms with Crippen LogP contribution in [0.5, 0.6) is 0 Å². The second-order valence-corrected chi connectivity index (χ2v) is 10.9. The zero-order chi connectivity index (χ0) is 22.4. The minimum absolute atomic E-state index is 0.0255. The van der Waals surface area contributed by atoms with E-state index in [0.717, 1.165) is 41.0 Å². The fraction of sp³-hybridized carbons (Fsp3) is 0.391. The molecule has 1 N–H and O–H groups in total. The van der Waals surface area contributed by atoms with Crippen molar-refractivity contribution >= 4 is 55.8 Å². The largest absolute Gasteiger partial charge is 0.309 e. The molecule has 3 aromatic heterocycles. The summed E-state index contributed by atoms with van der Waals surface area (Å²) in [5.41, 5.74) is 1.44. The van der Waals surface area contributed by atoms with Gasteiger partial charge in [0.2, 0.25) is 0 Å². The molecule has 0 aliphatic heterocycles. The number of benzene rings is 1. The van der Waals surface area contributed by atoms with Gasteiger partial charge in [-0.2, -0.15) is 0 Å². The molecule has 9 heteroatoms. The summed E-state index contributed by atoms with van der Waals surface area (Å²) in [6.07, 6.45) is 5.38. The fourth-order valence-electron chi connectivity index (χ4n) is 4.42. The van der Waals surface area contributed by atoms with Gasteiger partial charge in [0.1, 0.15) is 10.7 Å². The van der Waals surface area contributed by atoms with E-state index in [1.807, 2.05) is 18.4 Å². The molecule has 1 fully saturated rings. The molecule has 1 aliphatic carbocycles. The summed E-state index contributed by atoms with van der Waals surface area (Å²) in [5, 5.41) is 2.45. The Morgan fingerprint density at radius 2 is 1.97 bits per heavy atom. The number of aromatic amines is 1. The summed E-state index contributed by atoms with van der Waals surface area (Å²) in [7, 11) is 0. The summed E-state index contributed by atoms with van der Waals surface area (Å²) in [6, 6.07) is 5.37. The van der Waals surface area contributed by atoms with E-state index in [1.165, 1.54) is 29.5 Å². The first-order chi connectivity index (χ1) is 15.4. The van der Waals surface area contributed by atoms with E-state index in [4.69, 9.17) is 16.6 Å². The van der Waals surface area contributed by atoms with Crippen LogP contribution in [0.25, 0.3) is 21.1 Å². The minimum atomic E-state index is -0.115. The number of thiophene rings is 1. The van der Waals surface area contributed by atoms with E-state index in [2.05, 4.69) is 9.97 Å². The molecule has 0 radical (unpaired) electrons. The van der Waals surface area contributed by atoms with Gasteiger partial charge >= 0.3 is 0 Å². The second kappa shape index (κ2) is 8.65. The molecule has 166 valence electrons. The number of hydrogen-bond donors (Lipinski definition) is 1. The molecule has 4 aromatic rings. The van der Waals surface area contributed by atoms with Gasteiger partial charge < -0.3 is 4.98 Å². The molecule has 0 unspecified atom stereocenters. The van der Waals surface area contributed by atoms with Crippen molar-refractivity contribution in [3.05, 3.63) is 60.2 Å². The smallest absolute Gasteiger partial charge is 0.262 e. The minimum Gasteiger partial charge on any atom is -0.309 e. The van der Waals surface area contributed by atoms with Crippen LogP contribution < -0.4 is 11.1 Å². The molecule has 0 spiro atoms. The van der Waals surface area contributed by atoms with Crippen LogP contribution in [0.1, 0.15) is 54.4 Å². The van der Waals surface area contributed by atoms with Crippen molar-refractivity contribution in [2.75, 3.05) is 0 Å². The Kier molecular flexibility index (Phi) is 5.86. The molecule has 32 heavy (non-hydrogen) atoms. The Morgan fingerprint density at radius 3 is 2.75 bits per heavy atom. The van der Waals surface area contributed by atoms with Gasteiger partial charge in [0.05, 0.1) is 22.0 Å². The SMILES string of the molecule is Cc1sc2nc(CSc3nc4cc(Cl)ccc4c(=O)n3C3CCCCC3)[nH]c(=O)c2c1C. The zero-order valence-electron chi connectivity index (χ0n) is 17.9. The normalized spacial score (nSPS) is 15.1. The number of fused-ring (bicyclic) bond motifs is 2. The van der Waals surface area contributed by atoms with E-state index in [9.17, 15) is 9.59 Å². The highest BCUT2D eigenvalue weighted by Gasteiger charge is 2.22. The first-order valence-corrected chi connectivity index (χ1v) is 12.9. The van der Waals surface area contributed by atoms with Crippen LogP contribution in [0.4, 0.5) is 0 Å². The topological polar surface area (TPSA) is 80.6 Å². The number of aromatic nitrogens is 4. The van der Waals surface area contributed by atoms with Crippen LogP contribution in [0, 0.1) is 13.8 Å². The van der Waals surface area contributed by atoms with Gasteiger partial charge in [0.25, 0.3) is 11.1 Å². The van der Waals surface area contributed by atoms with E-state index >= 15 is 0 Å². The lowest BCUT2D eigenvalue weighted by molar-refractivity contribution is 0.326. The highest BCUT2D eigenvalue weighted by atomic mass is 35.5. The van der Waals surface area contributed by atoms with Crippen molar-refractivity contribution in [3.8, 4) is 0 Å². The van der Waals surface area contributed by atoms with Gasteiger partial charge in [-0.25, -0.2) is 9.97 Å². The molecule has 1 saturated carbocycles. The predicted octanol–water partition coefficient (Wildman–Crippen LogP) is 5.76. The van der Waals surface area contributed by atoms with Crippen molar-refractivity contribution in [3.63, 3.8) is 0 Å². The van der Waals surface area contributed by atoms with Crippen molar-refractivity contribution < 1.29 is 0 Å². The molecule has 3 heterocycles. The van der Waals surface area contributed by atoms with E-state index in [-0.39, 0.29) is 17.2 Å². The monoisotopic (exact) mass is 486 g/mol. The van der Waals surface area contributed by atoms with Gasteiger partial charge in [-0.15, -0.1) is 11.3 Å². The highest BCUT2D eigenvalue weighted by Crippen LogP contribution is 2.32. The van der Waals surface area contributed by atoms with E-state index in [0.29, 0.717) is 38.0 Å². The van der Waals surface area contributed by atoms with Crippen molar-refractivity contribution in [1.82, 2.24) is 19.5 Å². The van der Waals surface area contributed by atoms with Gasteiger partial charge in [-0.1, -0.05) is 42.6 Å². The average Bonchev–Trinajstić information content (AvgIpc) is 3.06. The molecular formula is C23H23ClN4O2S2. The molecular weight excluding hydrogens is 464 g/mol. The predicted molar refractivity (Wildman–Crippen MR) is 132 cm³/mol. The lowest BCUT2D eigenvalue weighted by Gasteiger charge is -2.26. The Balaban J connectivity index is 1.56. The van der Waals surface area contributed by atoms with Crippen LogP contribution in [-0.2, 0) is 5.75 Å². The second-order valence-electron chi connectivity index (χ2n) is 8.29. The summed E-state index contributed by atoms with van der Waals surface area (Å²) < 4.78 is 1.86. The fourth-order valence-corrected chi connectivity index (χ4v) is 6.57. The number of H-pyrrole nitrogens is 1. The first-order valence-electron chi connectivity index (χ1n) is 10.8. The standard InChI is InChI=1S/C23H23ClN4O2S2/c1-12-13(2)32-21-19(12)20(29)26-18(27-21)11-31-23-25-17-10-14(24)8-9-16(17)22(30)28(23)15-6-4-3-5-7-15/h8-10,15H,3-7,11H2,1-2H3,(H,26,27,29). The zero-order valence-corrected chi connectivity index (χ0v) is 20.3. The maximum Gasteiger partial charge on any atom is 0.262 e. The average molecular weight is 487 g/mol. The van der Waals surface area contributed by atoms with Crippen LogP contribution >= 0.6 is 34.7 Å². The third kappa shape index (κ3) is 3.89. The summed E-state index contributed by atoms with van der Waals surface area (Å²) in [4.78, 5) is 40.3. The number of aryl methyl sites for hydroxylation is 2. The van der Waals surface area contributed by atoms with Crippen LogP contribution in [0.2, 0.25) is 5.02 Å². The highest BCUT2D eigenvalue weighted by molar-refractivity contribution is 7.98. The van der Waals surface area contributed by atoms with Crippen LogP contribution in [0.15, 0.2) is 32.9 Å². The Hall–Kier alpha value is -2.16. The van der Waals surface area contributed by atoms with E-state index < -0.39 is 0 Å². The molecule has 1 aliphatic rings. The maximum atomic E-state index is 13.4. The van der Waals surface area contributed by atoms with Gasteiger partial charge in [-0.05, 0) is 50.5 Å². The van der Waals surface area contributed by atoms with Gasteiger partial charge in [0, 0.05) is 15.9 Å². The third-order valence-electron chi connectivity index (χ3n) is 6.20. The number of rotatable bonds is 4. The van der Waals surface area contributed by atoms with Gasteiger partial charge in [0.15, 0.2) is 5.16 Å². The molecule has 1 aromatic carbocycles. The van der Waals surface area contributed by atoms with Crippen molar-refractivity contribution in [2.45, 2.75) is 62.9 Å². The van der Waals surface area contributed by atoms with Crippen LogP contribution in [-0.4, -0.2) is 19.5 Å². The van der Waals surface area contributed by atoms with Gasteiger partial charge in [-0.3, -0.25) is 14.2 Å². The molecule has 5 rings (SSSR count). The lowest BCUT2D eigenvalue weighted by Crippen LogP contribution is -2.29. The molecule has 0 atom stereocenters. The number of nitrogens with zero attached hydrogens (tertiary/aromatic N) is 3. The molecule has 0 saturated heterocycles. The number of nitrogens with one attached hydrogen (secondary N) is 1.